The van der Waals surface area contributed by atoms with E-state index in [2.05, 4.69) is 19.2 Å². The summed E-state index contributed by atoms with van der Waals surface area (Å²) in [5, 5.41) is 3.10. The molecular formula is C14H26N2O2. The molecule has 18 heavy (non-hydrogen) atoms. The van der Waals surface area contributed by atoms with Crippen LogP contribution in [0.2, 0.25) is 0 Å². The zero-order valence-corrected chi connectivity index (χ0v) is 11.5. The Morgan fingerprint density at radius 3 is 2.78 bits per heavy atom. The molecule has 1 saturated heterocycles. The van der Waals surface area contributed by atoms with Crippen LogP contribution in [-0.2, 0) is 9.53 Å². The normalized spacial score (nSPS) is 36.2. The van der Waals surface area contributed by atoms with Crippen LogP contribution in [0.1, 0.15) is 39.5 Å². The van der Waals surface area contributed by atoms with Crippen molar-refractivity contribution in [1.82, 2.24) is 5.32 Å². The number of carbonyl (C=O) groups excluding carboxylic acids is 1. The van der Waals surface area contributed by atoms with Crippen LogP contribution in [0.5, 0.6) is 0 Å². The van der Waals surface area contributed by atoms with E-state index in [0.29, 0.717) is 17.9 Å². The number of nitrogens with one attached hydrogen (secondary N) is 1. The zero-order valence-electron chi connectivity index (χ0n) is 11.5. The highest BCUT2D eigenvalue weighted by Crippen LogP contribution is 2.27. The summed E-state index contributed by atoms with van der Waals surface area (Å²) in [4.78, 5) is 12.0. The maximum atomic E-state index is 12.0. The Kier molecular flexibility index (Phi) is 4.62. The van der Waals surface area contributed by atoms with E-state index in [1.807, 2.05) is 0 Å². The predicted molar refractivity (Wildman–Crippen MR) is 71.0 cm³/mol. The molecule has 2 fully saturated rings. The molecule has 0 spiro atoms. The first-order chi connectivity index (χ1) is 8.58. The van der Waals surface area contributed by atoms with Gasteiger partial charge >= 0.3 is 0 Å². The van der Waals surface area contributed by atoms with Gasteiger partial charge in [0.2, 0.25) is 5.91 Å². The van der Waals surface area contributed by atoms with Gasteiger partial charge in [-0.2, -0.15) is 0 Å². The summed E-state index contributed by atoms with van der Waals surface area (Å²) in [6.07, 6.45) is 4.14. The Hall–Kier alpha value is -0.610. The van der Waals surface area contributed by atoms with Crippen molar-refractivity contribution in [2.24, 2.45) is 23.5 Å². The van der Waals surface area contributed by atoms with Crippen LogP contribution >= 0.6 is 0 Å². The van der Waals surface area contributed by atoms with Gasteiger partial charge in [-0.3, -0.25) is 4.79 Å². The van der Waals surface area contributed by atoms with E-state index in [-0.39, 0.29) is 17.9 Å². The van der Waals surface area contributed by atoms with Crippen LogP contribution in [0, 0.1) is 17.8 Å². The monoisotopic (exact) mass is 254 g/mol. The van der Waals surface area contributed by atoms with E-state index in [9.17, 15) is 4.79 Å². The lowest BCUT2D eigenvalue weighted by atomic mass is 9.93. The fraction of sp³-hybridized carbons (Fsp3) is 0.929. The van der Waals surface area contributed by atoms with Gasteiger partial charge in [0.25, 0.3) is 0 Å². The van der Waals surface area contributed by atoms with Crippen molar-refractivity contribution in [3.63, 3.8) is 0 Å². The van der Waals surface area contributed by atoms with Gasteiger partial charge in [-0.05, 0) is 31.6 Å². The largest absolute Gasteiger partial charge is 0.378 e. The Bertz CT molecular complexity index is 294. The summed E-state index contributed by atoms with van der Waals surface area (Å²) in [5.41, 5.74) is 5.84. The first kappa shape index (κ1) is 13.8. The number of nitrogens with two attached hydrogens (primary N) is 1. The van der Waals surface area contributed by atoms with Gasteiger partial charge in [-0.1, -0.05) is 13.8 Å². The van der Waals surface area contributed by atoms with Crippen molar-refractivity contribution in [2.45, 2.75) is 51.7 Å². The van der Waals surface area contributed by atoms with Crippen molar-refractivity contribution in [3.8, 4) is 0 Å². The van der Waals surface area contributed by atoms with Crippen LogP contribution in [0.4, 0.5) is 0 Å². The first-order valence-electron chi connectivity index (χ1n) is 7.22. The third-order valence-corrected chi connectivity index (χ3v) is 4.30. The molecule has 1 saturated carbocycles. The van der Waals surface area contributed by atoms with Crippen LogP contribution in [0.25, 0.3) is 0 Å². The molecule has 4 heteroatoms. The number of ether oxygens (including phenoxy) is 1. The van der Waals surface area contributed by atoms with Gasteiger partial charge in [-0.25, -0.2) is 0 Å². The second-order valence-corrected chi connectivity index (χ2v) is 6.14. The quantitative estimate of drug-likeness (QED) is 0.794. The Balaban J connectivity index is 1.75. The number of amides is 1. The van der Waals surface area contributed by atoms with E-state index in [1.165, 1.54) is 0 Å². The smallest absolute Gasteiger partial charge is 0.223 e. The van der Waals surface area contributed by atoms with Crippen molar-refractivity contribution in [1.29, 1.82) is 0 Å². The maximum absolute atomic E-state index is 12.0. The molecule has 4 atom stereocenters. The van der Waals surface area contributed by atoms with E-state index < -0.39 is 0 Å². The Labute approximate surface area is 110 Å². The molecule has 0 aromatic carbocycles. The molecule has 1 heterocycles. The summed E-state index contributed by atoms with van der Waals surface area (Å²) in [7, 11) is 0. The average molecular weight is 254 g/mol. The van der Waals surface area contributed by atoms with Crippen molar-refractivity contribution < 1.29 is 9.53 Å². The molecule has 1 amide bonds. The first-order valence-corrected chi connectivity index (χ1v) is 7.22. The van der Waals surface area contributed by atoms with E-state index in [4.69, 9.17) is 10.5 Å². The molecule has 0 aromatic rings. The topological polar surface area (TPSA) is 64.3 Å². The lowest BCUT2D eigenvalue weighted by molar-refractivity contribution is -0.125. The fourth-order valence-electron chi connectivity index (χ4n) is 3.24. The van der Waals surface area contributed by atoms with Gasteiger partial charge in [0.1, 0.15) is 0 Å². The summed E-state index contributed by atoms with van der Waals surface area (Å²) in [5.74, 6) is 1.33. The molecule has 1 aliphatic heterocycles. The summed E-state index contributed by atoms with van der Waals surface area (Å²) in [6, 6.07) is 0.221. The second-order valence-electron chi connectivity index (χ2n) is 6.14. The second kappa shape index (κ2) is 6.02. The minimum atomic E-state index is 0.139. The van der Waals surface area contributed by atoms with Gasteiger partial charge < -0.3 is 15.8 Å². The summed E-state index contributed by atoms with van der Waals surface area (Å²) >= 11 is 0. The lowest BCUT2D eigenvalue weighted by Gasteiger charge is -2.22. The lowest BCUT2D eigenvalue weighted by Crippen LogP contribution is -2.37. The van der Waals surface area contributed by atoms with E-state index in [1.54, 1.807) is 0 Å². The molecule has 2 aliphatic rings. The molecule has 4 nitrogen and oxygen atoms in total. The van der Waals surface area contributed by atoms with Crippen LogP contribution in [-0.4, -0.2) is 31.2 Å². The zero-order chi connectivity index (χ0) is 13.1. The molecule has 104 valence electrons. The molecule has 1 aliphatic carbocycles. The van der Waals surface area contributed by atoms with Crippen LogP contribution < -0.4 is 11.1 Å². The van der Waals surface area contributed by atoms with E-state index in [0.717, 1.165) is 38.8 Å². The maximum Gasteiger partial charge on any atom is 0.223 e. The number of hydrogen-bond acceptors (Lipinski definition) is 3. The highest BCUT2D eigenvalue weighted by Gasteiger charge is 2.32. The van der Waals surface area contributed by atoms with Crippen molar-refractivity contribution in [2.75, 3.05) is 13.2 Å². The molecule has 0 aromatic heterocycles. The standard InChI is InChI=1S/C14H26N2O2/c1-9(2)13-11(5-6-18-13)8-16-14(17)10-3-4-12(15)7-10/h9-13H,3-8,15H2,1-2H3,(H,16,17). The van der Waals surface area contributed by atoms with Gasteiger partial charge in [0.05, 0.1) is 6.10 Å². The molecule has 4 unspecified atom stereocenters. The Morgan fingerprint density at radius 2 is 2.17 bits per heavy atom. The van der Waals surface area contributed by atoms with Gasteiger partial charge in [-0.15, -0.1) is 0 Å². The van der Waals surface area contributed by atoms with Gasteiger partial charge in [0.15, 0.2) is 0 Å². The predicted octanol–water partition coefficient (Wildman–Crippen LogP) is 1.29. The SMILES string of the molecule is CC(C)C1OCCC1CNC(=O)C1CCC(N)C1. The minimum Gasteiger partial charge on any atom is -0.378 e. The molecule has 0 bridgehead atoms. The summed E-state index contributed by atoms with van der Waals surface area (Å²) in [6.45, 7) is 5.95. The molecular weight excluding hydrogens is 228 g/mol. The highest BCUT2D eigenvalue weighted by molar-refractivity contribution is 5.79. The minimum absolute atomic E-state index is 0.139. The highest BCUT2D eigenvalue weighted by atomic mass is 16.5. The number of hydrogen-bond donors (Lipinski definition) is 2. The third kappa shape index (κ3) is 3.23. The van der Waals surface area contributed by atoms with Crippen molar-refractivity contribution in [3.05, 3.63) is 0 Å². The van der Waals surface area contributed by atoms with Gasteiger partial charge in [0, 0.05) is 31.0 Å². The van der Waals surface area contributed by atoms with Crippen LogP contribution in [0.3, 0.4) is 0 Å². The average Bonchev–Trinajstić information content (AvgIpc) is 2.94. The third-order valence-electron chi connectivity index (χ3n) is 4.30. The van der Waals surface area contributed by atoms with Crippen LogP contribution in [0.15, 0.2) is 0 Å². The van der Waals surface area contributed by atoms with E-state index >= 15 is 0 Å². The Morgan fingerprint density at radius 1 is 1.39 bits per heavy atom. The van der Waals surface area contributed by atoms with Crippen molar-refractivity contribution >= 4 is 5.91 Å². The molecule has 3 N–H and O–H groups in total. The molecule has 0 radical (unpaired) electrons. The number of carbonyl (C=O) groups is 1. The molecule has 2 rings (SSSR count). The fourth-order valence-corrected chi connectivity index (χ4v) is 3.24. The number of rotatable bonds is 4. The summed E-state index contributed by atoms with van der Waals surface area (Å²) < 4.78 is 5.73.